The average Bonchev–Trinajstić information content (AvgIpc) is 3.07. The number of hydrogen-bond donors (Lipinski definition) is 1. The standard InChI is InChI=1S/C22H27NO2/c1-15(2)17-10-12-19(13-11-17)21(18-8-6-16(3)7-9-18)23-14-4-5-20(23)22(24)25/h6-13,15,20-21H,4-5,14H2,1-3H3,(H,24,25). The van der Waals surface area contributed by atoms with Crippen LogP contribution in [0, 0.1) is 6.92 Å². The minimum atomic E-state index is -0.714. The second kappa shape index (κ2) is 7.40. The van der Waals surface area contributed by atoms with Crippen molar-refractivity contribution in [1.29, 1.82) is 0 Å². The monoisotopic (exact) mass is 337 g/mol. The van der Waals surface area contributed by atoms with Gasteiger partial charge < -0.3 is 5.11 Å². The Hall–Kier alpha value is -2.13. The topological polar surface area (TPSA) is 40.5 Å². The van der Waals surface area contributed by atoms with Crippen LogP contribution in [0.5, 0.6) is 0 Å². The van der Waals surface area contributed by atoms with Gasteiger partial charge in [-0.15, -0.1) is 0 Å². The summed E-state index contributed by atoms with van der Waals surface area (Å²) >= 11 is 0. The molecule has 25 heavy (non-hydrogen) atoms. The molecule has 0 spiro atoms. The number of likely N-dealkylation sites (tertiary alicyclic amines) is 1. The van der Waals surface area contributed by atoms with Crippen LogP contribution in [-0.2, 0) is 4.79 Å². The molecule has 0 bridgehead atoms. The zero-order valence-electron chi connectivity index (χ0n) is 15.3. The van der Waals surface area contributed by atoms with Gasteiger partial charge in [0.15, 0.2) is 0 Å². The number of aliphatic carboxylic acids is 1. The summed E-state index contributed by atoms with van der Waals surface area (Å²) in [5.41, 5.74) is 4.86. The predicted octanol–water partition coefficient (Wildman–Crippen LogP) is 4.76. The van der Waals surface area contributed by atoms with Gasteiger partial charge in [0, 0.05) is 6.54 Å². The molecular formula is C22H27NO2. The van der Waals surface area contributed by atoms with Crippen molar-refractivity contribution in [2.75, 3.05) is 6.54 Å². The quantitative estimate of drug-likeness (QED) is 0.855. The first-order valence-electron chi connectivity index (χ1n) is 9.12. The number of benzene rings is 2. The Morgan fingerprint density at radius 1 is 1.00 bits per heavy atom. The second-order valence-electron chi connectivity index (χ2n) is 7.37. The predicted molar refractivity (Wildman–Crippen MR) is 101 cm³/mol. The van der Waals surface area contributed by atoms with Gasteiger partial charge in [0.2, 0.25) is 0 Å². The van der Waals surface area contributed by atoms with Crippen molar-refractivity contribution in [2.24, 2.45) is 0 Å². The summed E-state index contributed by atoms with van der Waals surface area (Å²) in [5, 5.41) is 9.65. The molecule has 2 unspecified atom stereocenters. The smallest absolute Gasteiger partial charge is 0.320 e. The highest BCUT2D eigenvalue weighted by Gasteiger charge is 2.36. The molecule has 132 valence electrons. The summed E-state index contributed by atoms with van der Waals surface area (Å²) in [6.07, 6.45) is 1.66. The molecule has 3 rings (SSSR count). The van der Waals surface area contributed by atoms with Crippen LogP contribution in [-0.4, -0.2) is 28.6 Å². The molecule has 0 amide bonds. The molecule has 1 fully saturated rings. The number of carbonyl (C=O) groups is 1. The van der Waals surface area contributed by atoms with Crippen molar-refractivity contribution in [3.05, 3.63) is 70.8 Å². The van der Waals surface area contributed by atoms with Crippen LogP contribution in [0.1, 0.15) is 60.9 Å². The lowest BCUT2D eigenvalue weighted by Crippen LogP contribution is -2.39. The van der Waals surface area contributed by atoms with Crippen LogP contribution in [0.25, 0.3) is 0 Å². The molecular weight excluding hydrogens is 310 g/mol. The summed E-state index contributed by atoms with van der Waals surface area (Å²) in [5.74, 6) is -0.223. The number of hydrogen-bond acceptors (Lipinski definition) is 2. The zero-order valence-corrected chi connectivity index (χ0v) is 15.3. The Balaban J connectivity index is 2.02. The molecule has 0 aliphatic carbocycles. The first-order chi connectivity index (χ1) is 12.0. The van der Waals surface area contributed by atoms with E-state index in [2.05, 4.69) is 74.2 Å². The van der Waals surface area contributed by atoms with Gasteiger partial charge in [0.25, 0.3) is 0 Å². The molecule has 1 heterocycles. The van der Waals surface area contributed by atoms with Gasteiger partial charge in [-0.25, -0.2) is 0 Å². The van der Waals surface area contributed by atoms with E-state index in [0.29, 0.717) is 5.92 Å². The third-order valence-electron chi connectivity index (χ3n) is 5.22. The number of nitrogens with zero attached hydrogens (tertiary/aromatic N) is 1. The molecule has 0 radical (unpaired) electrons. The summed E-state index contributed by atoms with van der Waals surface area (Å²) in [4.78, 5) is 13.9. The SMILES string of the molecule is Cc1ccc(C(c2ccc(C(C)C)cc2)N2CCCC2C(=O)O)cc1. The fraction of sp³-hybridized carbons (Fsp3) is 0.409. The highest BCUT2D eigenvalue weighted by atomic mass is 16.4. The molecule has 1 aliphatic heterocycles. The fourth-order valence-electron chi connectivity index (χ4n) is 3.75. The van der Waals surface area contributed by atoms with Crippen LogP contribution in [0.15, 0.2) is 48.5 Å². The number of carboxylic acid groups (broad SMARTS) is 1. The van der Waals surface area contributed by atoms with Gasteiger partial charge in [-0.3, -0.25) is 9.69 Å². The highest BCUT2D eigenvalue weighted by Crippen LogP contribution is 2.35. The molecule has 0 aromatic heterocycles. The van der Waals surface area contributed by atoms with Crippen LogP contribution in [0.2, 0.25) is 0 Å². The molecule has 0 saturated carbocycles. The van der Waals surface area contributed by atoms with Gasteiger partial charge in [-0.2, -0.15) is 0 Å². The van der Waals surface area contributed by atoms with Crippen LogP contribution >= 0.6 is 0 Å². The summed E-state index contributed by atoms with van der Waals surface area (Å²) < 4.78 is 0. The second-order valence-corrected chi connectivity index (χ2v) is 7.37. The number of aryl methyl sites for hydroxylation is 1. The first kappa shape index (κ1) is 17.7. The maximum Gasteiger partial charge on any atom is 0.320 e. The van der Waals surface area contributed by atoms with E-state index >= 15 is 0 Å². The lowest BCUT2D eigenvalue weighted by atomic mass is 9.93. The Labute approximate surface area is 150 Å². The molecule has 2 atom stereocenters. The zero-order chi connectivity index (χ0) is 18.0. The molecule has 1 N–H and O–H groups in total. The normalized spacial score (nSPS) is 19.3. The van der Waals surface area contributed by atoms with Gasteiger partial charge in [0.05, 0.1) is 6.04 Å². The fourth-order valence-corrected chi connectivity index (χ4v) is 3.75. The number of carboxylic acids is 1. The van der Waals surface area contributed by atoms with E-state index in [-0.39, 0.29) is 6.04 Å². The number of rotatable bonds is 5. The maximum absolute atomic E-state index is 11.7. The van der Waals surface area contributed by atoms with E-state index in [1.54, 1.807) is 0 Å². The molecule has 2 aromatic rings. The van der Waals surface area contributed by atoms with E-state index < -0.39 is 12.0 Å². The summed E-state index contributed by atoms with van der Waals surface area (Å²) in [6, 6.07) is 16.7. The van der Waals surface area contributed by atoms with Gasteiger partial charge in [-0.1, -0.05) is 67.9 Å². The Kier molecular flexibility index (Phi) is 5.24. The maximum atomic E-state index is 11.7. The van der Waals surface area contributed by atoms with Crippen molar-refractivity contribution in [1.82, 2.24) is 4.90 Å². The Morgan fingerprint density at radius 3 is 2.04 bits per heavy atom. The van der Waals surface area contributed by atoms with Crippen molar-refractivity contribution in [3.8, 4) is 0 Å². The van der Waals surface area contributed by atoms with E-state index in [9.17, 15) is 9.90 Å². The average molecular weight is 337 g/mol. The highest BCUT2D eigenvalue weighted by molar-refractivity contribution is 5.74. The van der Waals surface area contributed by atoms with Crippen LogP contribution < -0.4 is 0 Å². The van der Waals surface area contributed by atoms with E-state index in [1.165, 1.54) is 16.7 Å². The minimum Gasteiger partial charge on any atom is -0.480 e. The lowest BCUT2D eigenvalue weighted by Gasteiger charge is -2.32. The van der Waals surface area contributed by atoms with Gasteiger partial charge >= 0.3 is 5.97 Å². The van der Waals surface area contributed by atoms with Crippen molar-refractivity contribution in [2.45, 2.75) is 51.6 Å². The van der Waals surface area contributed by atoms with Crippen molar-refractivity contribution >= 4 is 5.97 Å². The van der Waals surface area contributed by atoms with Crippen molar-refractivity contribution < 1.29 is 9.90 Å². The Morgan fingerprint density at radius 2 is 1.52 bits per heavy atom. The lowest BCUT2D eigenvalue weighted by molar-refractivity contribution is -0.142. The first-order valence-corrected chi connectivity index (χ1v) is 9.12. The molecule has 3 heteroatoms. The largest absolute Gasteiger partial charge is 0.480 e. The van der Waals surface area contributed by atoms with Crippen molar-refractivity contribution in [3.63, 3.8) is 0 Å². The summed E-state index contributed by atoms with van der Waals surface area (Å²) in [6.45, 7) is 7.27. The van der Waals surface area contributed by atoms with Gasteiger partial charge in [0.1, 0.15) is 6.04 Å². The molecule has 3 nitrogen and oxygen atoms in total. The third kappa shape index (κ3) is 3.77. The van der Waals surface area contributed by atoms with Crippen LogP contribution in [0.3, 0.4) is 0 Å². The molecule has 1 aliphatic rings. The van der Waals surface area contributed by atoms with Crippen LogP contribution in [0.4, 0.5) is 0 Å². The van der Waals surface area contributed by atoms with E-state index in [4.69, 9.17) is 0 Å². The van der Waals surface area contributed by atoms with Gasteiger partial charge in [-0.05, 0) is 42.4 Å². The summed E-state index contributed by atoms with van der Waals surface area (Å²) in [7, 11) is 0. The van der Waals surface area contributed by atoms with E-state index in [0.717, 1.165) is 24.9 Å². The van der Waals surface area contributed by atoms with E-state index in [1.807, 2.05) is 0 Å². The Bertz CT molecular complexity index is 719. The minimum absolute atomic E-state index is 0.00888. The third-order valence-corrected chi connectivity index (χ3v) is 5.22. The molecule has 2 aromatic carbocycles. The molecule has 1 saturated heterocycles.